The molecule has 0 spiro atoms. The van der Waals surface area contributed by atoms with Crippen LogP contribution in [-0.4, -0.2) is 48.5 Å². The molecule has 0 atom stereocenters. The number of nitrogens with zero attached hydrogens (tertiary/aromatic N) is 3. The first-order valence-electron chi connectivity index (χ1n) is 9.49. The highest BCUT2D eigenvalue weighted by Gasteiger charge is 2.22. The van der Waals surface area contributed by atoms with Gasteiger partial charge in [-0.1, -0.05) is 36.4 Å². The van der Waals surface area contributed by atoms with Crippen molar-refractivity contribution >= 4 is 28.1 Å². The summed E-state index contributed by atoms with van der Waals surface area (Å²) in [5.41, 5.74) is 1.00. The molecule has 7 heteroatoms. The molecule has 0 saturated carbocycles. The van der Waals surface area contributed by atoms with Gasteiger partial charge >= 0.3 is 0 Å². The van der Waals surface area contributed by atoms with Crippen LogP contribution in [0.2, 0.25) is 0 Å². The maximum absolute atomic E-state index is 12.6. The molecule has 0 unspecified atom stereocenters. The predicted octanol–water partition coefficient (Wildman–Crippen LogP) is 3.48. The number of nitro benzene ring substituents is 1. The molecule has 3 aromatic carbocycles. The van der Waals surface area contributed by atoms with E-state index in [0.29, 0.717) is 31.9 Å². The summed E-state index contributed by atoms with van der Waals surface area (Å²) >= 11 is 0. The van der Waals surface area contributed by atoms with Gasteiger partial charge in [-0.2, -0.15) is 0 Å². The maximum Gasteiger partial charge on any atom is 0.269 e. The van der Waals surface area contributed by atoms with Crippen molar-refractivity contribution in [3.8, 4) is 5.75 Å². The lowest BCUT2D eigenvalue weighted by Crippen LogP contribution is -2.50. The van der Waals surface area contributed by atoms with Crippen LogP contribution >= 0.6 is 0 Å². The number of carbonyl (C=O) groups is 1. The number of piperazine rings is 1. The van der Waals surface area contributed by atoms with Gasteiger partial charge in [0.1, 0.15) is 5.75 Å². The van der Waals surface area contributed by atoms with Gasteiger partial charge in [-0.15, -0.1) is 0 Å². The number of fused-ring (bicyclic) bond motifs is 1. The Labute approximate surface area is 168 Å². The summed E-state index contributed by atoms with van der Waals surface area (Å²) in [5.74, 6) is 0.669. The minimum atomic E-state index is -0.406. The summed E-state index contributed by atoms with van der Waals surface area (Å²) in [6.45, 7) is 2.55. The second kappa shape index (κ2) is 8.18. The van der Waals surface area contributed by atoms with Crippen molar-refractivity contribution in [1.82, 2.24) is 4.90 Å². The van der Waals surface area contributed by atoms with E-state index >= 15 is 0 Å². The van der Waals surface area contributed by atoms with Crippen LogP contribution < -0.4 is 9.64 Å². The van der Waals surface area contributed by atoms with Crippen LogP contribution in [0.4, 0.5) is 11.4 Å². The van der Waals surface area contributed by atoms with E-state index < -0.39 is 4.92 Å². The van der Waals surface area contributed by atoms with Gasteiger partial charge in [0.15, 0.2) is 6.61 Å². The van der Waals surface area contributed by atoms with Gasteiger partial charge in [0.25, 0.3) is 11.6 Å². The van der Waals surface area contributed by atoms with E-state index in [1.165, 1.54) is 12.1 Å². The topological polar surface area (TPSA) is 75.9 Å². The van der Waals surface area contributed by atoms with Gasteiger partial charge in [0, 0.05) is 49.4 Å². The van der Waals surface area contributed by atoms with Crippen LogP contribution in [0.3, 0.4) is 0 Å². The zero-order valence-corrected chi connectivity index (χ0v) is 15.9. The Hall–Kier alpha value is -3.61. The summed E-state index contributed by atoms with van der Waals surface area (Å²) in [7, 11) is 0. The van der Waals surface area contributed by atoms with Crippen LogP contribution in [-0.2, 0) is 4.79 Å². The Morgan fingerprint density at radius 1 is 0.931 bits per heavy atom. The molecule has 1 fully saturated rings. The Bertz CT molecular complexity index is 1020. The molecule has 0 aliphatic carbocycles. The predicted molar refractivity (Wildman–Crippen MR) is 111 cm³/mol. The smallest absolute Gasteiger partial charge is 0.269 e. The first kappa shape index (κ1) is 18.7. The fraction of sp³-hybridized carbons (Fsp3) is 0.227. The summed E-state index contributed by atoms with van der Waals surface area (Å²) < 4.78 is 5.81. The number of hydrogen-bond donors (Lipinski definition) is 0. The number of rotatable bonds is 5. The molecule has 1 aliphatic rings. The fourth-order valence-electron chi connectivity index (χ4n) is 3.55. The van der Waals surface area contributed by atoms with E-state index in [9.17, 15) is 14.9 Å². The van der Waals surface area contributed by atoms with Crippen molar-refractivity contribution in [1.29, 1.82) is 0 Å². The fourth-order valence-corrected chi connectivity index (χ4v) is 3.55. The standard InChI is InChI=1S/C22H21N3O4/c26-22(16-29-21-7-3-5-17-4-1-2-6-20(17)21)24-14-12-23(13-15-24)18-8-10-19(11-9-18)25(27)28/h1-11H,12-16H2. The molecule has 0 bridgehead atoms. The molecule has 148 valence electrons. The molecule has 1 aliphatic heterocycles. The normalized spacial score (nSPS) is 14.1. The molecule has 7 nitrogen and oxygen atoms in total. The molecule has 29 heavy (non-hydrogen) atoms. The molecule has 0 radical (unpaired) electrons. The first-order chi connectivity index (χ1) is 14.1. The summed E-state index contributed by atoms with van der Waals surface area (Å²) in [4.78, 5) is 26.9. The number of nitro groups is 1. The molecular formula is C22H21N3O4. The molecule has 4 rings (SSSR count). The van der Waals surface area contributed by atoms with Gasteiger partial charge < -0.3 is 14.5 Å². The zero-order chi connectivity index (χ0) is 20.2. The molecule has 3 aromatic rings. The zero-order valence-electron chi connectivity index (χ0n) is 15.9. The maximum atomic E-state index is 12.6. The van der Waals surface area contributed by atoms with E-state index in [2.05, 4.69) is 4.90 Å². The minimum Gasteiger partial charge on any atom is -0.483 e. The van der Waals surface area contributed by atoms with Crippen molar-refractivity contribution in [3.63, 3.8) is 0 Å². The molecule has 0 aromatic heterocycles. The summed E-state index contributed by atoms with van der Waals surface area (Å²) in [6.07, 6.45) is 0. The van der Waals surface area contributed by atoms with Crippen molar-refractivity contribution < 1.29 is 14.5 Å². The van der Waals surface area contributed by atoms with Crippen LogP contribution in [0.1, 0.15) is 0 Å². The van der Waals surface area contributed by atoms with E-state index in [0.717, 1.165) is 16.5 Å². The SMILES string of the molecule is O=C(COc1cccc2ccccc12)N1CCN(c2ccc([N+](=O)[O-])cc2)CC1. The highest BCUT2D eigenvalue weighted by molar-refractivity contribution is 5.88. The number of hydrogen-bond acceptors (Lipinski definition) is 5. The Morgan fingerprint density at radius 2 is 1.62 bits per heavy atom. The molecular weight excluding hydrogens is 370 g/mol. The lowest BCUT2D eigenvalue weighted by atomic mass is 10.1. The molecule has 1 saturated heterocycles. The molecule has 1 amide bonds. The van der Waals surface area contributed by atoms with Crippen LogP contribution in [0.25, 0.3) is 10.8 Å². The third kappa shape index (κ3) is 4.13. The summed E-state index contributed by atoms with van der Waals surface area (Å²) in [5, 5.41) is 12.8. The van der Waals surface area contributed by atoms with Crippen molar-refractivity contribution in [2.75, 3.05) is 37.7 Å². The molecule has 0 N–H and O–H groups in total. The van der Waals surface area contributed by atoms with E-state index in [-0.39, 0.29) is 18.2 Å². The largest absolute Gasteiger partial charge is 0.483 e. The third-order valence-electron chi connectivity index (χ3n) is 5.16. The lowest BCUT2D eigenvalue weighted by molar-refractivity contribution is -0.384. The van der Waals surface area contributed by atoms with Crippen LogP contribution in [0.15, 0.2) is 66.7 Å². The van der Waals surface area contributed by atoms with Crippen LogP contribution in [0, 0.1) is 10.1 Å². The van der Waals surface area contributed by atoms with Gasteiger partial charge in [0.05, 0.1) is 4.92 Å². The number of carbonyl (C=O) groups excluding carboxylic acids is 1. The second-order valence-corrected chi connectivity index (χ2v) is 6.91. The van der Waals surface area contributed by atoms with Gasteiger partial charge in [-0.05, 0) is 23.6 Å². The van der Waals surface area contributed by atoms with E-state index in [1.807, 2.05) is 42.5 Å². The number of anilines is 1. The average Bonchev–Trinajstić information content (AvgIpc) is 2.77. The van der Waals surface area contributed by atoms with Gasteiger partial charge in [-0.25, -0.2) is 0 Å². The second-order valence-electron chi connectivity index (χ2n) is 6.91. The van der Waals surface area contributed by atoms with Crippen LogP contribution in [0.5, 0.6) is 5.75 Å². The minimum absolute atomic E-state index is 0.00550. The monoisotopic (exact) mass is 391 g/mol. The average molecular weight is 391 g/mol. The number of amides is 1. The third-order valence-corrected chi connectivity index (χ3v) is 5.16. The Balaban J connectivity index is 1.32. The summed E-state index contributed by atoms with van der Waals surface area (Å²) in [6, 6.07) is 20.2. The van der Waals surface area contributed by atoms with E-state index in [4.69, 9.17) is 4.74 Å². The van der Waals surface area contributed by atoms with Gasteiger partial charge in [0.2, 0.25) is 0 Å². The number of non-ortho nitro benzene ring substituents is 1. The Morgan fingerprint density at radius 3 is 2.34 bits per heavy atom. The number of benzene rings is 3. The quantitative estimate of drug-likeness (QED) is 0.492. The van der Waals surface area contributed by atoms with Crippen molar-refractivity contribution in [2.24, 2.45) is 0 Å². The number of ether oxygens (including phenoxy) is 1. The first-order valence-corrected chi connectivity index (χ1v) is 9.49. The lowest BCUT2D eigenvalue weighted by Gasteiger charge is -2.36. The highest BCUT2D eigenvalue weighted by atomic mass is 16.6. The Kier molecular flexibility index (Phi) is 5.29. The molecule has 1 heterocycles. The van der Waals surface area contributed by atoms with Crippen molar-refractivity contribution in [2.45, 2.75) is 0 Å². The van der Waals surface area contributed by atoms with Gasteiger partial charge in [-0.3, -0.25) is 14.9 Å². The highest BCUT2D eigenvalue weighted by Crippen LogP contribution is 2.25. The van der Waals surface area contributed by atoms with Crippen molar-refractivity contribution in [3.05, 3.63) is 76.8 Å². The van der Waals surface area contributed by atoms with E-state index in [1.54, 1.807) is 17.0 Å².